The van der Waals surface area contributed by atoms with Crippen molar-refractivity contribution in [2.75, 3.05) is 11.4 Å². The Kier molecular flexibility index (Phi) is 4.36. The van der Waals surface area contributed by atoms with Crippen molar-refractivity contribution in [1.29, 1.82) is 0 Å². The molecule has 0 saturated carbocycles. The van der Waals surface area contributed by atoms with Crippen LogP contribution in [0.3, 0.4) is 0 Å². The van der Waals surface area contributed by atoms with Crippen LogP contribution >= 0.6 is 0 Å². The molecular weight excluding hydrogens is 352 g/mol. The molecule has 2 aromatic rings. The minimum atomic E-state index is -3.66. The first-order valence-electron chi connectivity index (χ1n) is 8.95. The molecule has 0 radical (unpaired) electrons. The maximum Gasteiger partial charge on any atom is 0.241 e. The van der Waals surface area contributed by atoms with E-state index in [1.807, 2.05) is 6.07 Å². The van der Waals surface area contributed by atoms with Gasteiger partial charge in [-0.25, -0.2) is 13.1 Å². The highest BCUT2D eigenvalue weighted by Crippen LogP contribution is 2.32. The van der Waals surface area contributed by atoms with Crippen molar-refractivity contribution < 1.29 is 17.6 Å². The van der Waals surface area contributed by atoms with Gasteiger partial charge in [0.25, 0.3) is 0 Å². The Labute approximate surface area is 153 Å². The Hall–Kier alpha value is -2.12. The summed E-state index contributed by atoms with van der Waals surface area (Å²) in [5.41, 5.74) is 2.33. The monoisotopic (exact) mass is 374 g/mol. The second kappa shape index (κ2) is 6.55. The van der Waals surface area contributed by atoms with Gasteiger partial charge in [-0.05, 0) is 56.0 Å². The molecule has 1 aliphatic heterocycles. The predicted octanol–water partition coefficient (Wildman–Crippen LogP) is 3.07. The fourth-order valence-corrected chi connectivity index (χ4v) is 5.36. The minimum absolute atomic E-state index is 0.0906. The number of fused-ring (bicyclic) bond motifs is 1. The van der Waals surface area contributed by atoms with Crippen molar-refractivity contribution in [2.24, 2.45) is 0 Å². The fraction of sp³-hybridized carbons (Fsp3) is 0.421. The molecule has 1 saturated heterocycles. The number of amides is 1. The molecule has 1 N–H and O–H groups in total. The zero-order chi connectivity index (χ0) is 18.3. The summed E-state index contributed by atoms with van der Waals surface area (Å²) in [6.07, 6.45) is 5.50. The van der Waals surface area contributed by atoms with E-state index in [-0.39, 0.29) is 16.8 Å². The number of hydrogen-bond acceptors (Lipinski definition) is 4. The average molecular weight is 374 g/mol. The number of carbonyl (C=O) groups excluding carboxylic acids is 1. The molecule has 1 aromatic carbocycles. The summed E-state index contributed by atoms with van der Waals surface area (Å²) >= 11 is 0. The van der Waals surface area contributed by atoms with Gasteiger partial charge in [-0.3, -0.25) is 4.79 Å². The third-order valence-corrected chi connectivity index (χ3v) is 6.81. The zero-order valence-corrected chi connectivity index (χ0v) is 15.5. The van der Waals surface area contributed by atoms with Crippen LogP contribution in [0.4, 0.5) is 5.69 Å². The minimum Gasteiger partial charge on any atom is -0.469 e. The van der Waals surface area contributed by atoms with Crippen LogP contribution in [-0.4, -0.2) is 20.9 Å². The number of nitrogens with zero attached hydrogens (tertiary/aromatic N) is 1. The number of rotatable bonds is 4. The van der Waals surface area contributed by atoms with E-state index in [1.165, 1.54) is 0 Å². The molecule has 0 spiro atoms. The average Bonchev–Trinajstić information content (AvgIpc) is 3.23. The molecular formula is C19H22N2O4S. The Morgan fingerprint density at radius 3 is 2.77 bits per heavy atom. The molecule has 1 atom stereocenters. The van der Waals surface area contributed by atoms with Crippen molar-refractivity contribution in [2.45, 2.75) is 50.0 Å². The first-order chi connectivity index (χ1) is 12.5. The largest absolute Gasteiger partial charge is 0.469 e. The lowest BCUT2D eigenvalue weighted by Crippen LogP contribution is -2.31. The molecule has 1 aromatic heterocycles. The first-order valence-corrected chi connectivity index (χ1v) is 10.4. The zero-order valence-electron chi connectivity index (χ0n) is 14.7. The molecule has 1 fully saturated rings. The number of benzene rings is 1. The topological polar surface area (TPSA) is 79.6 Å². The van der Waals surface area contributed by atoms with E-state index in [0.29, 0.717) is 18.5 Å². The number of hydrogen-bond donors (Lipinski definition) is 1. The molecule has 7 heteroatoms. The molecule has 0 bridgehead atoms. The van der Waals surface area contributed by atoms with Gasteiger partial charge in [0, 0.05) is 30.6 Å². The quantitative estimate of drug-likeness (QED) is 0.892. The van der Waals surface area contributed by atoms with Crippen LogP contribution in [0.1, 0.15) is 48.6 Å². The van der Waals surface area contributed by atoms with Crippen LogP contribution in [0.5, 0.6) is 0 Å². The normalized spacial score (nSPS) is 20.4. The number of nitrogens with one attached hydrogen (secondary N) is 1. The van der Waals surface area contributed by atoms with Crippen LogP contribution in [0.2, 0.25) is 0 Å². The molecule has 4 rings (SSSR count). The molecule has 138 valence electrons. The highest BCUT2D eigenvalue weighted by atomic mass is 32.2. The number of anilines is 1. The third kappa shape index (κ3) is 3.05. The van der Waals surface area contributed by atoms with Gasteiger partial charge in [0.1, 0.15) is 5.76 Å². The van der Waals surface area contributed by atoms with Crippen molar-refractivity contribution >= 4 is 21.6 Å². The summed E-state index contributed by atoms with van der Waals surface area (Å²) in [5, 5.41) is 0. The van der Waals surface area contributed by atoms with Crippen molar-refractivity contribution in [3.63, 3.8) is 0 Å². The number of sulfonamides is 1. The van der Waals surface area contributed by atoms with Gasteiger partial charge in [0.05, 0.1) is 17.2 Å². The lowest BCUT2D eigenvalue weighted by Gasteiger charge is -2.23. The highest BCUT2D eigenvalue weighted by molar-refractivity contribution is 7.89. The molecule has 2 aliphatic rings. The maximum absolute atomic E-state index is 12.9. The van der Waals surface area contributed by atoms with Gasteiger partial charge in [-0.1, -0.05) is 0 Å². The van der Waals surface area contributed by atoms with E-state index in [0.717, 1.165) is 42.7 Å². The highest BCUT2D eigenvalue weighted by Gasteiger charge is 2.29. The Balaban J connectivity index is 1.60. The van der Waals surface area contributed by atoms with Crippen LogP contribution in [0.25, 0.3) is 0 Å². The number of furan rings is 1. The Morgan fingerprint density at radius 2 is 2.04 bits per heavy atom. The van der Waals surface area contributed by atoms with Crippen LogP contribution in [0.15, 0.2) is 39.8 Å². The van der Waals surface area contributed by atoms with Crippen LogP contribution in [0, 0.1) is 6.92 Å². The van der Waals surface area contributed by atoms with E-state index >= 15 is 0 Å². The Morgan fingerprint density at radius 1 is 1.19 bits per heavy atom. The number of aryl methyl sites for hydroxylation is 2. The van der Waals surface area contributed by atoms with Gasteiger partial charge < -0.3 is 9.32 Å². The molecule has 2 heterocycles. The molecule has 1 aliphatic carbocycles. The SMILES string of the molecule is Cc1cc(N2CCCC2=O)ccc1S(=O)(=O)NC1CCCc2occc21. The second-order valence-electron chi connectivity index (χ2n) is 6.96. The first kappa shape index (κ1) is 17.3. The Bertz CT molecular complexity index is 948. The molecule has 1 amide bonds. The maximum atomic E-state index is 12.9. The van der Waals surface area contributed by atoms with Gasteiger partial charge >= 0.3 is 0 Å². The lowest BCUT2D eigenvalue weighted by molar-refractivity contribution is -0.117. The van der Waals surface area contributed by atoms with E-state index in [4.69, 9.17) is 4.42 Å². The molecule has 1 unspecified atom stereocenters. The van der Waals surface area contributed by atoms with Crippen molar-refractivity contribution in [3.8, 4) is 0 Å². The van der Waals surface area contributed by atoms with Crippen LogP contribution < -0.4 is 9.62 Å². The van der Waals surface area contributed by atoms with E-state index in [9.17, 15) is 13.2 Å². The van der Waals surface area contributed by atoms with Crippen molar-refractivity contribution in [1.82, 2.24) is 4.72 Å². The van der Waals surface area contributed by atoms with Gasteiger partial charge in [-0.2, -0.15) is 0 Å². The summed E-state index contributed by atoms with van der Waals surface area (Å²) in [6.45, 7) is 2.46. The van der Waals surface area contributed by atoms with E-state index < -0.39 is 10.0 Å². The molecule has 26 heavy (non-hydrogen) atoms. The summed E-state index contributed by atoms with van der Waals surface area (Å²) in [4.78, 5) is 13.9. The second-order valence-corrected chi connectivity index (χ2v) is 8.65. The summed E-state index contributed by atoms with van der Waals surface area (Å²) in [7, 11) is -3.66. The van der Waals surface area contributed by atoms with Gasteiger partial charge in [0.2, 0.25) is 15.9 Å². The third-order valence-electron chi connectivity index (χ3n) is 5.18. The number of carbonyl (C=O) groups is 1. The standard InChI is InChI=1S/C19H22N2O4S/c1-13-12-14(21-10-3-6-19(21)22)7-8-18(13)26(23,24)20-16-4-2-5-17-15(16)9-11-25-17/h7-9,11-12,16,20H,2-6,10H2,1H3. The summed E-state index contributed by atoms with van der Waals surface area (Å²) < 4.78 is 34.1. The summed E-state index contributed by atoms with van der Waals surface area (Å²) in [5.74, 6) is 0.955. The lowest BCUT2D eigenvalue weighted by atomic mass is 9.94. The predicted molar refractivity (Wildman–Crippen MR) is 97.5 cm³/mol. The van der Waals surface area contributed by atoms with E-state index in [2.05, 4.69) is 4.72 Å². The fourth-order valence-electron chi connectivity index (χ4n) is 3.88. The van der Waals surface area contributed by atoms with Crippen molar-refractivity contribution in [3.05, 3.63) is 47.4 Å². The van der Waals surface area contributed by atoms with Gasteiger partial charge in [-0.15, -0.1) is 0 Å². The van der Waals surface area contributed by atoms with Crippen LogP contribution in [-0.2, 0) is 21.2 Å². The van der Waals surface area contributed by atoms with Gasteiger partial charge in [0.15, 0.2) is 0 Å². The van der Waals surface area contributed by atoms with E-state index in [1.54, 1.807) is 36.3 Å². The smallest absolute Gasteiger partial charge is 0.241 e. The summed E-state index contributed by atoms with van der Waals surface area (Å²) in [6, 6.07) is 6.67. The molecule has 6 nitrogen and oxygen atoms in total.